The van der Waals surface area contributed by atoms with E-state index in [4.69, 9.17) is 5.73 Å². The third-order valence-corrected chi connectivity index (χ3v) is 7.54. The van der Waals surface area contributed by atoms with Gasteiger partial charge in [0.1, 0.15) is 5.82 Å². The number of carbonyl (C=O) groups is 3. The van der Waals surface area contributed by atoms with Gasteiger partial charge >= 0.3 is 0 Å². The fraction of sp³-hybridized carbons (Fsp3) is 0.312. The van der Waals surface area contributed by atoms with Gasteiger partial charge in [0.15, 0.2) is 11.5 Å². The molecule has 0 atom stereocenters. The Hall–Kier alpha value is -4.53. The first-order valence-electron chi connectivity index (χ1n) is 13.8. The van der Waals surface area contributed by atoms with E-state index in [-0.39, 0.29) is 41.7 Å². The molecule has 0 aromatic heterocycles. The normalized spacial score (nSPS) is 16.7. The summed E-state index contributed by atoms with van der Waals surface area (Å²) in [6, 6.07) is 22.5. The minimum Gasteiger partial charge on any atom is -0.369 e. The van der Waals surface area contributed by atoms with E-state index in [1.54, 1.807) is 15.9 Å². The fourth-order valence-electron chi connectivity index (χ4n) is 5.50. The van der Waals surface area contributed by atoms with Gasteiger partial charge in [-0.2, -0.15) is 0 Å². The second-order valence-corrected chi connectivity index (χ2v) is 10.9. The highest BCUT2D eigenvalue weighted by molar-refractivity contribution is 6.09. The zero-order chi connectivity index (χ0) is 29.1. The van der Waals surface area contributed by atoms with Crippen LogP contribution in [0.2, 0.25) is 0 Å². The molecule has 2 aliphatic rings. The Kier molecular flexibility index (Phi) is 7.88. The molecule has 1 saturated heterocycles. The molecule has 1 fully saturated rings. The number of nitrogens with zero attached hydrogens (tertiary/aromatic N) is 4. The van der Waals surface area contributed by atoms with Crippen molar-refractivity contribution in [2.75, 3.05) is 26.2 Å². The molecule has 41 heavy (non-hydrogen) atoms. The van der Waals surface area contributed by atoms with Crippen LogP contribution in [0.3, 0.4) is 0 Å². The van der Waals surface area contributed by atoms with Gasteiger partial charge in [-0.15, -0.1) is 0 Å². The summed E-state index contributed by atoms with van der Waals surface area (Å²) in [5, 5.41) is 0. The van der Waals surface area contributed by atoms with Gasteiger partial charge in [-0.25, -0.2) is 9.38 Å². The van der Waals surface area contributed by atoms with E-state index in [1.807, 2.05) is 74.5 Å². The van der Waals surface area contributed by atoms with Gasteiger partial charge in [0, 0.05) is 38.2 Å². The lowest BCUT2D eigenvalue weighted by Crippen LogP contribution is -2.50. The molecule has 3 aromatic rings. The van der Waals surface area contributed by atoms with Crippen LogP contribution in [0.25, 0.3) is 0 Å². The molecule has 0 saturated carbocycles. The topological polar surface area (TPSA) is 99.3 Å². The average molecular weight is 556 g/mol. The predicted octanol–water partition coefficient (Wildman–Crippen LogP) is 3.76. The number of amides is 3. The van der Waals surface area contributed by atoms with E-state index in [2.05, 4.69) is 4.99 Å². The number of hydrogen-bond donors (Lipinski definition) is 1. The number of aliphatic imine (C=N–C) groups is 1. The maximum Gasteiger partial charge on any atom is 0.266 e. The van der Waals surface area contributed by atoms with Crippen molar-refractivity contribution in [1.82, 2.24) is 14.7 Å². The highest BCUT2D eigenvalue weighted by Gasteiger charge is 2.50. The Morgan fingerprint density at radius 1 is 0.902 bits per heavy atom. The molecule has 5 rings (SSSR count). The maximum absolute atomic E-state index is 14.8. The largest absolute Gasteiger partial charge is 0.369 e. The summed E-state index contributed by atoms with van der Waals surface area (Å²) in [4.78, 5) is 49.2. The number of rotatable bonds is 7. The Morgan fingerprint density at radius 3 is 2.02 bits per heavy atom. The second-order valence-electron chi connectivity index (χ2n) is 10.9. The van der Waals surface area contributed by atoms with Crippen LogP contribution in [0.5, 0.6) is 0 Å². The van der Waals surface area contributed by atoms with Crippen molar-refractivity contribution < 1.29 is 18.8 Å². The minimum absolute atomic E-state index is 0.0158. The number of benzene rings is 3. The molecular weight excluding hydrogens is 521 g/mol. The predicted molar refractivity (Wildman–Crippen MR) is 154 cm³/mol. The minimum atomic E-state index is -1.37. The van der Waals surface area contributed by atoms with Crippen molar-refractivity contribution in [2.45, 2.75) is 32.4 Å². The third kappa shape index (κ3) is 5.57. The van der Waals surface area contributed by atoms with Crippen LogP contribution in [-0.4, -0.2) is 64.6 Å². The van der Waals surface area contributed by atoms with E-state index in [0.29, 0.717) is 49.3 Å². The summed E-state index contributed by atoms with van der Waals surface area (Å²) in [5.41, 5.74) is 6.91. The van der Waals surface area contributed by atoms with Crippen LogP contribution in [0.1, 0.15) is 47.3 Å². The summed E-state index contributed by atoms with van der Waals surface area (Å²) in [7, 11) is 0. The SMILES string of the molecule is CC(C)CC(=O)N1CCN(C(=O)c2cc(F)cc(CN3C(=O)C(c4ccccc4)(c4ccccc4)N=C3N)c2)CC1. The zero-order valence-electron chi connectivity index (χ0n) is 23.3. The summed E-state index contributed by atoms with van der Waals surface area (Å²) >= 11 is 0. The molecule has 0 unspecified atom stereocenters. The van der Waals surface area contributed by atoms with Crippen molar-refractivity contribution in [1.29, 1.82) is 0 Å². The molecule has 0 bridgehead atoms. The van der Waals surface area contributed by atoms with Crippen LogP contribution < -0.4 is 5.73 Å². The standard InChI is InChI=1S/C32H34FN5O3/c1-22(2)17-28(39)36-13-15-37(16-14-36)29(40)24-18-23(19-27(33)20-24)21-38-30(41)32(35-31(38)34,25-9-5-3-6-10-25)26-11-7-4-8-12-26/h3-12,18-20,22H,13-17,21H2,1-2H3,(H2,34,35). The number of piperazine rings is 1. The lowest BCUT2D eigenvalue weighted by Gasteiger charge is -2.35. The molecule has 2 heterocycles. The van der Waals surface area contributed by atoms with Crippen molar-refractivity contribution in [2.24, 2.45) is 16.6 Å². The first-order valence-corrected chi connectivity index (χ1v) is 13.8. The molecule has 2 N–H and O–H groups in total. The van der Waals surface area contributed by atoms with Crippen LogP contribution in [0, 0.1) is 11.7 Å². The first kappa shape index (κ1) is 28.0. The molecule has 212 valence electrons. The fourth-order valence-corrected chi connectivity index (χ4v) is 5.50. The Morgan fingerprint density at radius 2 is 1.46 bits per heavy atom. The zero-order valence-corrected chi connectivity index (χ0v) is 23.3. The summed E-state index contributed by atoms with van der Waals surface area (Å²) in [6.07, 6.45) is 0.471. The molecule has 9 heteroatoms. The third-order valence-electron chi connectivity index (χ3n) is 7.54. The van der Waals surface area contributed by atoms with Gasteiger partial charge in [-0.3, -0.25) is 19.3 Å². The number of halogens is 1. The van der Waals surface area contributed by atoms with Crippen LogP contribution in [-0.2, 0) is 21.7 Å². The molecule has 3 aromatic carbocycles. The van der Waals surface area contributed by atoms with Crippen LogP contribution in [0.15, 0.2) is 83.9 Å². The van der Waals surface area contributed by atoms with Crippen LogP contribution in [0.4, 0.5) is 4.39 Å². The molecule has 3 amide bonds. The van der Waals surface area contributed by atoms with Crippen molar-refractivity contribution in [3.8, 4) is 0 Å². The van der Waals surface area contributed by atoms with Gasteiger partial charge in [0.05, 0.1) is 6.54 Å². The first-order chi connectivity index (χ1) is 19.7. The van der Waals surface area contributed by atoms with Gasteiger partial charge in [0.2, 0.25) is 5.91 Å². The highest BCUT2D eigenvalue weighted by Crippen LogP contribution is 2.40. The van der Waals surface area contributed by atoms with Crippen LogP contribution >= 0.6 is 0 Å². The van der Waals surface area contributed by atoms with Gasteiger partial charge in [-0.1, -0.05) is 74.5 Å². The average Bonchev–Trinajstić information content (AvgIpc) is 3.23. The van der Waals surface area contributed by atoms with Gasteiger partial charge in [0.25, 0.3) is 11.8 Å². The molecule has 0 spiro atoms. The van der Waals surface area contributed by atoms with E-state index in [1.165, 1.54) is 17.0 Å². The molecule has 2 aliphatic heterocycles. The van der Waals surface area contributed by atoms with Crippen molar-refractivity contribution in [3.05, 3.63) is 107 Å². The molecule has 8 nitrogen and oxygen atoms in total. The molecule has 0 radical (unpaired) electrons. The lowest BCUT2D eigenvalue weighted by atomic mass is 9.83. The number of hydrogen-bond acceptors (Lipinski definition) is 5. The quantitative estimate of drug-likeness (QED) is 0.480. The number of nitrogens with two attached hydrogens (primary N) is 1. The van der Waals surface area contributed by atoms with E-state index in [0.717, 1.165) is 0 Å². The lowest BCUT2D eigenvalue weighted by molar-refractivity contribution is -0.133. The van der Waals surface area contributed by atoms with E-state index < -0.39 is 11.4 Å². The Bertz CT molecular complexity index is 1430. The smallest absolute Gasteiger partial charge is 0.266 e. The monoisotopic (exact) mass is 555 g/mol. The summed E-state index contributed by atoms with van der Waals surface area (Å²) < 4.78 is 14.8. The number of guanidine groups is 1. The summed E-state index contributed by atoms with van der Waals surface area (Å²) in [5.74, 6) is -0.902. The second kappa shape index (κ2) is 11.5. The van der Waals surface area contributed by atoms with E-state index in [9.17, 15) is 18.8 Å². The maximum atomic E-state index is 14.8. The highest BCUT2D eigenvalue weighted by atomic mass is 19.1. The molecule has 0 aliphatic carbocycles. The van der Waals surface area contributed by atoms with E-state index >= 15 is 0 Å². The van der Waals surface area contributed by atoms with Gasteiger partial charge in [-0.05, 0) is 40.8 Å². The van der Waals surface area contributed by atoms with Crippen molar-refractivity contribution >= 4 is 23.7 Å². The Labute approximate surface area is 239 Å². The Balaban J connectivity index is 1.36. The van der Waals surface area contributed by atoms with Crippen molar-refractivity contribution in [3.63, 3.8) is 0 Å². The van der Waals surface area contributed by atoms with Gasteiger partial charge < -0.3 is 15.5 Å². The molecular formula is C32H34FN5O3. The summed E-state index contributed by atoms with van der Waals surface area (Å²) in [6.45, 7) is 5.57. The number of carbonyl (C=O) groups excluding carboxylic acids is 3.